The molecule has 2 aromatic carbocycles. The number of anilines is 2. The summed E-state index contributed by atoms with van der Waals surface area (Å²) in [5, 5.41) is 7.86. The fourth-order valence-corrected chi connectivity index (χ4v) is 4.26. The second kappa shape index (κ2) is 9.46. The average molecular weight is 461 g/mol. The van der Waals surface area contributed by atoms with Crippen LogP contribution in [0.4, 0.5) is 15.9 Å². The van der Waals surface area contributed by atoms with Gasteiger partial charge in [-0.05, 0) is 56.2 Å². The first-order chi connectivity index (χ1) is 16.6. The van der Waals surface area contributed by atoms with E-state index in [1.807, 2.05) is 31.2 Å². The normalized spacial score (nSPS) is 14.4. The molecule has 1 fully saturated rings. The molecule has 5 rings (SSSR count). The number of halogens is 1. The van der Waals surface area contributed by atoms with Gasteiger partial charge in [-0.15, -0.1) is 0 Å². The Morgan fingerprint density at radius 1 is 1.15 bits per heavy atom. The number of nitrogens with one attached hydrogen (secondary N) is 1. The van der Waals surface area contributed by atoms with E-state index in [2.05, 4.69) is 25.3 Å². The molecule has 0 bridgehead atoms. The van der Waals surface area contributed by atoms with Gasteiger partial charge in [0, 0.05) is 24.6 Å². The van der Waals surface area contributed by atoms with Gasteiger partial charge in [-0.25, -0.2) is 9.37 Å². The van der Waals surface area contributed by atoms with Gasteiger partial charge < -0.3 is 19.5 Å². The number of amides is 1. The molecule has 4 aromatic rings. The minimum absolute atomic E-state index is 0.0170. The second-order valence-electron chi connectivity index (χ2n) is 8.10. The van der Waals surface area contributed by atoms with Crippen LogP contribution in [0, 0.1) is 11.7 Å². The molecule has 0 atom stereocenters. The lowest BCUT2D eigenvalue weighted by Gasteiger charge is -2.32. The van der Waals surface area contributed by atoms with Gasteiger partial charge in [0.1, 0.15) is 34.8 Å². The molecule has 0 saturated carbocycles. The molecule has 1 amide bonds. The molecule has 1 N–H and O–H groups in total. The molecular formula is C25H24FN5O3. The molecule has 3 heterocycles. The van der Waals surface area contributed by atoms with Gasteiger partial charge in [0.25, 0.3) is 5.71 Å². The number of fused-ring (bicyclic) bond motifs is 1. The lowest BCUT2D eigenvalue weighted by atomic mass is 9.95. The van der Waals surface area contributed by atoms with Crippen molar-refractivity contribution in [3.8, 4) is 17.0 Å². The number of hydrogen-bond donors (Lipinski definition) is 1. The molecule has 0 spiro atoms. The molecule has 1 saturated heterocycles. The van der Waals surface area contributed by atoms with Crippen LogP contribution in [0.25, 0.3) is 22.4 Å². The SMILES string of the molecule is CCOc1ccccc1NC(=O)C1CCN(c2ncnc3onc(-c4ccc(F)cc4)c23)CC1. The Labute approximate surface area is 195 Å². The summed E-state index contributed by atoms with van der Waals surface area (Å²) in [4.78, 5) is 23.8. The van der Waals surface area contributed by atoms with Crippen LogP contribution in [0.5, 0.6) is 5.75 Å². The first-order valence-electron chi connectivity index (χ1n) is 11.3. The molecule has 2 aromatic heterocycles. The molecule has 174 valence electrons. The van der Waals surface area contributed by atoms with Gasteiger partial charge in [0.2, 0.25) is 5.91 Å². The Morgan fingerprint density at radius 3 is 2.68 bits per heavy atom. The van der Waals surface area contributed by atoms with Crippen molar-refractivity contribution in [3.63, 3.8) is 0 Å². The highest BCUT2D eigenvalue weighted by atomic mass is 19.1. The summed E-state index contributed by atoms with van der Waals surface area (Å²) < 4.78 is 24.4. The maximum absolute atomic E-state index is 13.4. The zero-order valence-corrected chi connectivity index (χ0v) is 18.7. The Balaban J connectivity index is 1.32. The van der Waals surface area contributed by atoms with Crippen molar-refractivity contribution in [2.24, 2.45) is 5.92 Å². The molecule has 0 unspecified atom stereocenters. The van der Waals surface area contributed by atoms with Crippen LogP contribution in [-0.2, 0) is 4.79 Å². The minimum Gasteiger partial charge on any atom is -0.492 e. The monoisotopic (exact) mass is 461 g/mol. The number of carbonyl (C=O) groups is 1. The fraction of sp³-hybridized carbons (Fsp3) is 0.280. The van der Waals surface area contributed by atoms with Crippen LogP contribution in [0.1, 0.15) is 19.8 Å². The van der Waals surface area contributed by atoms with Crippen molar-refractivity contribution in [2.45, 2.75) is 19.8 Å². The minimum atomic E-state index is -0.322. The summed E-state index contributed by atoms with van der Waals surface area (Å²) in [7, 11) is 0. The molecule has 1 aliphatic heterocycles. The third-order valence-electron chi connectivity index (χ3n) is 5.98. The lowest BCUT2D eigenvalue weighted by molar-refractivity contribution is -0.120. The summed E-state index contributed by atoms with van der Waals surface area (Å²) in [6, 6.07) is 13.5. The number of para-hydroxylation sites is 2. The molecular weight excluding hydrogens is 437 g/mol. The first-order valence-corrected chi connectivity index (χ1v) is 11.3. The van der Waals surface area contributed by atoms with Crippen LogP contribution in [0.3, 0.4) is 0 Å². The van der Waals surface area contributed by atoms with E-state index in [9.17, 15) is 9.18 Å². The standard InChI is InChI=1S/C25H24FN5O3/c1-2-33-20-6-4-3-5-19(20)29-24(32)17-11-13-31(14-12-17)23-21-22(16-7-9-18(26)10-8-16)30-34-25(21)28-15-27-23/h3-10,15,17H,2,11-14H2,1H3,(H,29,32). The van der Waals surface area contributed by atoms with E-state index in [0.717, 1.165) is 5.56 Å². The van der Waals surface area contributed by atoms with Crippen molar-refractivity contribution in [2.75, 3.05) is 29.9 Å². The third-order valence-corrected chi connectivity index (χ3v) is 5.98. The van der Waals surface area contributed by atoms with Crippen molar-refractivity contribution in [3.05, 3.63) is 60.7 Å². The maximum atomic E-state index is 13.4. The predicted molar refractivity (Wildman–Crippen MR) is 126 cm³/mol. The van der Waals surface area contributed by atoms with E-state index in [4.69, 9.17) is 9.26 Å². The van der Waals surface area contributed by atoms with E-state index in [0.29, 0.717) is 66.6 Å². The number of carbonyl (C=O) groups excluding carboxylic acids is 1. The number of ether oxygens (including phenoxy) is 1. The molecule has 8 nitrogen and oxygen atoms in total. The summed E-state index contributed by atoms with van der Waals surface area (Å²) in [6.45, 7) is 3.73. The largest absolute Gasteiger partial charge is 0.492 e. The molecule has 0 radical (unpaired) electrons. The number of hydrogen-bond acceptors (Lipinski definition) is 7. The third kappa shape index (κ3) is 4.28. The topological polar surface area (TPSA) is 93.4 Å². The lowest BCUT2D eigenvalue weighted by Crippen LogP contribution is -2.38. The quantitative estimate of drug-likeness (QED) is 0.446. The van der Waals surface area contributed by atoms with Crippen molar-refractivity contribution >= 4 is 28.5 Å². The molecule has 9 heteroatoms. The zero-order chi connectivity index (χ0) is 23.5. The number of nitrogens with zero attached hydrogens (tertiary/aromatic N) is 4. The van der Waals surface area contributed by atoms with Gasteiger partial charge >= 0.3 is 0 Å². The van der Waals surface area contributed by atoms with E-state index in [1.54, 1.807) is 12.1 Å². The Bertz CT molecular complexity index is 1300. The summed E-state index contributed by atoms with van der Waals surface area (Å²) in [5.74, 6) is 0.905. The highest BCUT2D eigenvalue weighted by molar-refractivity contribution is 5.98. The highest BCUT2D eigenvalue weighted by Crippen LogP contribution is 2.35. The van der Waals surface area contributed by atoms with Crippen molar-refractivity contribution < 1.29 is 18.4 Å². The van der Waals surface area contributed by atoms with E-state index in [-0.39, 0.29) is 17.6 Å². The molecule has 1 aliphatic rings. The van der Waals surface area contributed by atoms with E-state index >= 15 is 0 Å². The number of piperidine rings is 1. The number of rotatable bonds is 6. The van der Waals surface area contributed by atoms with Crippen molar-refractivity contribution in [1.29, 1.82) is 0 Å². The number of aromatic nitrogens is 3. The molecule has 34 heavy (non-hydrogen) atoms. The Morgan fingerprint density at radius 2 is 1.91 bits per heavy atom. The fourth-order valence-electron chi connectivity index (χ4n) is 4.26. The van der Waals surface area contributed by atoms with E-state index in [1.165, 1.54) is 18.5 Å². The van der Waals surface area contributed by atoms with Crippen LogP contribution in [-0.4, -0.2) is 40.7 Å². The zero-order valence-electron chi connectivity index (χ0n) is 18.7. The molecule has 0 aliphatic carbocycles. The van der Waals surface area contributed by atoms with E-state index < -0.39 is 0 Å². The van der Waals surface area contributed by atoms with Gasteiger partial charge in [0.15, 0.2) is 0 Å². The maximum Gasteiger partial charge on any atom is 0.263 e. The highest BCUT2D eigenvalue weighted by Gasteiger charge is 2.28. The smallest absolute Gasteiger partial charge is 0.263 e. The average Bonchev–Trinajstić information content (AvgIpc) is 3.30. The van der Waals surface area contributed by atoms with Crippen LogP contribution < -0.4 is 15.0 Å². The summed E-state index contributed by atoms with van der Waals surface area (Å²) >= 11 is 0. The first kappa shape index (κ1) is 21.8. The van der Waals surface area contributed by atoms with Gasteiger partial charge in [-0.3, -0.25) is 4.79 Å². The van der Waals surface area contributed by atoms with Crippen molar-refractivity contribution in [1.82, 2.24) is 15.1 Å². The van der Waals surface area contributed by atoms with Gasteiger partial charge in [-0.2, -0.15) is 4.98 Å². The van der Waals surface area contributed by atoms with Crippen LogP contribution in [0.15, 0.2) is 59.4 Å². The van der Waals surface area contributed by atoms with Crippen LogP contribution >= 0.6 is 0 Å². The summed E-state index contributed by atoms with van der Waals surface area (Å²) in [6.07, 6.45) is 2.79. The predicted octanol–water partition coefficient (Wildman–Crippen LogP) is 4.68. The Kier molecular flexibility index (Phi) is 6.07. The second-order valence-corrected chi connectivity index (χ2v) is 8.10. The van der Waals surface area contributed by atoms with Gasteiger partial charge in [-0.1, -0.05) is 17.3 Å². The van der Waals surface area contributed by atoms with Crippen LogP contribution in [0.2, 0.25) is 0 Å². The summed E-state index contributed by atoms with van der Waals surface area (Å²) in [5.41, 5.74) is 2.34. The van der Waals surface area contributed by atoms with Gasteiger partial charge in [0.05, 0.1) is 12.3 Å². The number of benzene rings is 2. The Hall–Kier alpha value is -4.01.